The Balaban J connectivity index is 2.46. The second kappa shape index (κ2) is 4.50. The molecule has 6 heteroatoms. The van der Waals surface area contributed by atoms with Gasteiger partial charge >= 0.3 is 0 Å². The third-order valence-electron chi connectivity index (χ3n) is 2.17. The van der Waals surface area contributed by atoms with Crippen LogP contribution in [0.1, 0.15) is 10.6 Å². The van der Waals surface area contributed by atoms with Crippen molar-refractivity contribution in [2.75, 3.05) is 0 Å². The zero-order valence-corrected chi connectivity index (χ0v) is 10.0. The van der Waals surface area contributed by atoms with E-state index in [1.807, 2.05) is 0 Å². The molecule has 86 valence electrons. The molecule has 2 aromatic rings. The van der Waals surface area contributed by atoms with Gasteiger partial charge < -0.3 is 4.42 Å². The van der Waals surface area contributed by atoms with Crippen LogP contribution in [0.25, 0.3) is 11.3 Å². The van der Waals surface area contributed by atoms with Crippen LogP contribution in [0.2, 0.25) is 0 Å². The lowest BCUT2D eigenvalue weighted by atomic mass is 10.1. The topological polar surface area (TPSA) is 73.3 Å². The Morgan fingerprint density at radius 3 is 2.59 bits per heavy atom. The molecule has 0 N–H and O–H groups in total. The molecule has 1 aromatic heterocycles. The van der Waals surface area contributed by atoms with Gasteiger partial charge in [-0.25, -0.2) is 0 Å². The molecule has 17 heavy (non-hydrogen) atoms. The first-order valence-corrected chi connectivity index (χ1v) is 5.40. The highest BCUT2D eigenvalue weighted by Crippen LogP contribution is 2.32. The normalized spacial score (nSPS) is 10.2. The molecule has 2 rings (SSSR count). The molecule has 0 atom stereocenters. The van der Waals surface area contributed by atoms with Crippen LogP contribution in [0.15, 0.2) is 39.2 Å². The fourth-order valence-corrected chi connectivity index (χ4v) is 1.94. The van der Waals surface area contributed by atoms with Crippen molar-refractivity contribution < 1.29 is 14.1 Å². The highest BCUT2D eigenvalue weighted by atomic mass is 79.9. The monoisotopic (exact) mass is 295 g/mol. The number of benzene rings is 1. The minimum atomic E-state index is -0.479. The molecule has 0 unspecified atom stereocenters. The first kappa shape index (κ1) is 11.5. The van der Waals surface area contributed by atoms with Gasteiger partial charge in [-0.2, -0.15) is 0 Å². The number of hydrogen-bond donors (Lipinski definition) is 0. The summed E-state index contributed by atoms with van der Waals surface area (Å²) in [5.41, 5.74) is 0.645. The van der Waals surface area contributed by atoms with Crippen LogP contribution in [-0.4, -0.2) is 11.2 Å². The molecule has 0 radical (unpaired) electrons. The first-order chi connectivity index (χ1) is 8.11. The minimum Gasteiger partial charge on any atom is -0.453 e. The molecule has 5 nitrogen and oxygen atoms in total. The number of aldehydes is 1. The summed E-state index contributed by atoms with van der Waals surface area (Å²) >= 11 is 3.23. The predicted octanol–water partition coefficient (Wildman–Crippen LogP) is 3.43. The first-order valence-electron chi connectivity index (χ1n) is 4.61. The molecule has 0 saturated carbocycles. The van der Waals surface area contributed by atoms with Gasteiger partial charge in [-0.1, -0.05) is 0 Å². The maximum Gasteiger partial charge on any atom is 0.270 e. The van der Waals surface area contributed by atoms with E-state index in [2.05, 4.69) is 15.9 Å². The Kier molecular flexibility index (Phi) is 3.06. The SMILES string of the molecule is O=Cc1ccc(-c2ccc([N+](=O)[O-])cc2Br)o1. The summed E-state index contributed by atoms with van der Waals surface area (Å²) in [7, 11) is 0. The molecule has 0 spiro atoms. The summed E-state index contributed by atoms with van der Waals surface area (Å²) in [4.78, 5) is 20.6. The van der Waals surface area contributed by atoms with Crippen molar-refractivity contribution in [3.63, 3.8) is 0 Å². The van der Waals surface area contributed by atoms with Gasteiger partial charge in [0.2, 0.25) is 0 Å². The summed E-state index contributed by atoms with van der Waals surface area (Å²) in [5.74, 6) is 0.694. The quantitative estimate of drug-likeness (QED) is 0.494. The smallest absolute Gasteiger partial charge is 0.270 e. The average Bonchev–Trinajstić information content (AvgIpc) is 2.77. The van der Waals surface area contributed by atoms with Gasteiger partial charge in [-0.3, -0.25) is 14.9 Å². The fourth-order valence-electron chi connectivity index (χ4n) is 1.38. The lowest BCUT2D eigenvalue weighted by molar-refractivity contribution is -0.384. The summed E-state index contributed by atoms with van der Waals surface area (Å²) in [6, 6.07) is 7.50. The van der Waals surface area contributed by atoms with E-state index < -0.39 is 4.92 Å². The van der Waals surface area contributed by atoms with Gasteiger partial charge in [-0.15, -0.1) is 0 Å². The van der Waals surface area contributed by atoms with Crippen LogP contribution in [0, 0.1) is 10.1 Å². The van der Waals surface area contributed by atoms with Crippen LogP contribution >= 0.6 is 15.9 Å². The van der Waals surface area contributed by atoms with Crippen molar-refractivity contribution in [2.45, 2.75) is 0 Å². The number of non-ortho nitro benzene ring substituents is 1. The number of carbonyl (C=O) groups is 1. The Morgan fingerprint density at radius 1 is 1.29 bits per heavy atom. The summed E-state index contributed by atoms with van der Waals surface area (Å²) in [6.07, 6.45) is 0.600. The fraction of sp³-hybridized carbons (Fsp3) is 0. The van der Waals surface area contributed by atoms with Gasteiger partial charge in [0.25, 0.3) is 5.69 Å². The van der Waals surface area contributed by atoms with Crippen LogP contribution < -0.4 is 0 Å². The van der Waals surface area contributed by atoms with Crippen molar-refractivity contribution >= 4 is 27.9 Å². The van der Waals surface area contributed by atoms with E-state index in [9.17, 15) is 14.9 Å². The molecule has 0 aliphatic rings. The standard InChI is InChI=1S/C11H6BrNO4/c12-10-5-7(13(15)16)1-3-9(10)11-4-2-8(6-14)17-11/h1-6H. The summed E-state index contributed by atoms with van der Waals surface area (Å²) in [5, 5.41) is 10.6. The van der Waals surface area contributed by atoms with E-state index in [1.54, 1.807) is 12.1 Å². The van der Waals surface area contributed by atoms with Crippen LogP contribution in [0.3, 0.4) is 0 Å². The number of hydrogen-bond acceptors (Lipinski definition) is 4. The number of carbonyl (C=O) groups excluding carboxylic acids is 1. The van der Waals surface area contributed by atoms with Crippen molar-refractivity contribution in [3.05, 3.63) is 50.7 Å². The number of nitro groups is 1. The minimum absolute atomic E-state index is 0.0113. The maximum absolute atomic E-state index is 10.6. The van der Waals surface area contributed by atoms with E-state index in [1.165, 1.54) is 18.2 Å². The lowest BCUT2D eigenvalue weighted by Crippen LogP contribution is -1.88. The zero-order chi connectivity index (χ0) is 12.4. The largest absolute Gasteiger partial charge is 0.453 e. The third-order valence-corrected chi connectivity index (χ3v) is 2.83. The van der Waals surface area contributed by atoms with E-state index >= 15 is 0 Å². The van der Waals surface area contributed by atoms with Gasteiger partial charge in [-0.05, 0) is 34.1 Å². The molecular formula is C11H6BrNO4. The van der Waals surface area contributed by atoms with E-state index in [0.717, 1.165) is 0 Å². The lowest BCUT2D eigenvalue weighted by Gasteiger charge is -2.00. The van der Waals surface area contributed by atoms with E-state index in [0.29, 0.717) is 22.1 Å². The van der Waals surface area contributed by atoms with Crippen molar-refractivity contribution in [1.29, 1.82) is 0 Å². The Hall–Kier alpha value is -1.95. The Labute approximate surface area is 104 Å². The van der Waals surface area contributed by atoms with Gasteiger partial charge in [0.15, 0.2) is 12.0 Å². The number of furan rings is 1. The summed E-state index contributed by atoms with van der Waals surface area (Å²) in [6.45, 7) is 0. The second-order valence-electron chi connectivity index (χ2n) is 3.24. The number of nitrogens with zero attached hydrogens (tertiary/aromatic N) is 1. The molecule has 0 aliphatic carbocycles. The van der Waals surface area contributed by atoms with Crippen molar-refractivity contribution in [1.82, 2.24) is 0 Å². The third kappa shape index (κ3) is 2.26. The highest BCUT2D eigenvalue weighted by Gasteiger charge is 2.12. The predicted molar refractivity (Wildman–Crippen MR) is 63.9 cm³/mol. The van der Waals surface area contributed by atoms with Crippen LogP contribution in [0.5, 0.6) is 0 Å². The summed E-state index contributed by atoms with van der Waals surface area (Å²) < 4.78 is 5.77. The molecule has 0 amide bonds. The van der Waals surface area contributed by atoms with Crippen LogP contribution in [0.4, 0.5) is 5.69 Å². The highest BCUT2D eigenvalue weighted by molar-refractivity contribution is 9.10. The van der Waals surface area contributed by atoms with Gasteiger partial charge in [0.1, 0.15) is 5.76 Å². The molecule has 1 aromatic carbocycles. The second-order valence-corrected chi connectivity index (χ2v) is 4.10. The number of rotatable bonds is 3. The zero-order valence-electron chi connectivity index (χ0n) is 8.42. The van der Waals surface area contributed by atoms with E-state index in [-0.39, 0.29) is 11.4 Å². The molecule has 0 saturated heterocycles. The molecular weight excluding hydrogens is 290 g/mol. The average molecular weight is 296 g/mol. The molecule has 1 heterocycles. The van der Waals surface area contributed by atoms with Crippen molar-refractivity contribution in [3.8, 4) is 11.3 Å². The van der Waals surface area contributed by atoms with Crippen LogP contribution in [-0.2, 0) is 0 Å². The maximum atomic E-state index is 10.6. The molecule has 0 fully saturated rings. The van der Waals surface area contributed by atoms with E-state index in [4.69, 9.17) is 4.42 Å². The van der Waals surface area contributed by atoms with Gasteiger partial charge in [0, 0.05) is 22.2 Å². The van der Waals surface area contributed by atoms with Crippen molar-refractivity contribution in [2.24, 2.45) is 0 Å². The number of nitro benzene ring substituents is 1. The molecule has 0 bridgehead atoms. The Bertz CT molecular complexity index is 591. The molecule has 0 aliphatic heterocycles. The van der Waals surface area contributed by atoms with Gasteiger partial charge in [0.05, 0.1) is 4.92 Å². The Morgan fingerprint density at radius 2 is 2.06 bits per heavy atom. The number of halogens is 1.